The van der Waals surface area contributed by atoms with Gasteiger partial charge in [-0.1, -0.05) is 37.6 Å². The van der Waals surface area contributed by atoms with Gasteiger partial charge in [0.05, 0.1) is 0 Å². The van der Waals surface area contributed by atoms with Crippen LogP contribution in [0.2, 0.25) is 5.02 Å². The third-order valence-electron chi connectivity index (χ3n) is 4.13. The van der Waals surface area contributed by atoms with Gasteiger partial charge in [0.25, 0.3) is 0 Å². The molecule has 2 aromatic carbocycles. The predicted molar refractivity (Wildman–Crippen MR) is 109 cm³/mol. The van der Waals surface area contributed by atoms with Gasteiger partial charge in [-0.2, -0.15) is 0 Å². The Kier molecular flexibility index (Phi) is 6.09. The molecule has 0 bridgehead atoms. The summed E-state index contributed by atoms with van der Waals surface area (Å²) < 4.78 is 7.21. The maximum atomic E-state index is 6.04. The molecule has 0 aliphatic carbocycles. The lowest BCUT2D eigenvalue weighted by atomic mass is 10.1. The Morgan fingerprint density at radius 1 is 1.00 bits per heavy atom. The monoisotopic (exact) mass is 467 g/mol. The Hall–Kier alpha value is -1.44. The van der Waals surface area contributed by atoms with Crippen LogP contribution in [0.5, 0.6) is 0 Å². The van der Waals surface area contributed by atoms with Crippen molar-refractivity contribution in [1.82, 2.24) is 15.1 Å². The lowest BCUT2D eigenvalue weighted by molar-refractivity contribution is 0.219. The molecule has 130 valence electrons. The van der Waals surface area contributed by atoms with Crippen LogP contribution in [-0.2, 0) is 0 Å². The molecule has 0 amide bonds. The highest BCUT2D eigenvalue weighted by Gasteiger charge is 2.26. The van der Waals surface area contributed by atoms with Gasteiger partial charge in [-0.3, -0.25) is 4.90 Å². The highest BCUT2D eigenvalue weighted by Crippen LogP contribution is 2.30. The number of rotatable bonds is 6. The van der Waals surface area contributed by atoms with E-state index >= 15 is 0 Å². The molecular weight excluding hydrogens is 449 g/mol. The molecule has 0 saturated carbocycles. The summed E-state index contributed by atoms with van der Waals surface area (Å²) in [6.07, 6.45) is 0. The molecule has 3 rings (SSSR count). The third-order valence-corrected chi connectivity index (χ3v) is 5.10. The van der Waals surface area contributed by atoms with Gasteiger partial charge < -0.3 is 4.42 Å². The first-order valence-electron chi connectivity index (χ1n) is 8.21. The van der Waals surface area contributed by atoms with Crippen molar-refractivity contribution in [3.63, 3.8) is 0 Å². The fraction of sp³-hybridized carbons (Fsp3) is 0.263. The normalized spacial score (nSPS) is 12.5. The summed E-state index contributed by atoms with van der Waals surface area (Å²) in [7, 11) is 0. The van der Waals surface area contributed by atoms with Crippen molar-refractivity contribution in [1.29, 1.82) is 0 Å². The molecule has 3 aromatic rings. The van der Waals surface area contributed by atoms with E-state index in [1.54, 1.807) is 0 Å². The van der Waals surface area contributed by atoms with Crippen LogP contribution in [0, 0.1) is 3.57 Å². The van der Waals surface area contributed by atoms with Gasteiger partial charge in [-0.25, -0.2) is 0 Å². The Morgan fingerprint density at radius 2 is 1.64 bits per heavy atom. The summed E-state index contributed by atoms with van der Waals surface area (Å²) in [5, 5.41) is 9.31. The van der Waals surface area contributed by atoms with Crippen molar-refractivity contribution in [3.8, 4) is 11.5 Å². The largest absolute Gasteiger partial charge is 0.419 e. The van der Waals surface area contributed by atoms with E-state index in [0.29, 0.717) is 16.8 Å². The molecule has 0 aliphatic heterocycles. The Balaban J connectivity index is 1.99. The molecule has 0 spiro atoms. The van der Waals surface area contributed by atoms with Crippen LogP contribution in [0.15, 0.2) is 52.9 Å². The second kappa shape index (κ2) is 8.29. The fourth-order valence-electron chi connectivity index (χ4n) is 2.80. The molecule has 1 atom stereocenters. The molecule has 0 N–H and O–H groups in total. The maximum absolute atomic E-state index is 6.04. The minimum atomic E-state index is -0.0858. The van der Waals surface area contributed by atoms with E-state index in [9.17, 15) is 0 Å². The Bertz CT molecular complexity index is 813. The van der Waals surface area contributed by atoms with Gasteiger partial charge in [0.1, 0.15) is 6.04 Å². The van der Waals surface area contributed by atoms with Crippen molar-refractivity contribution in [3.05, 3.63) is 68.6 Å². The Labute approximate surface area is 166 Å². The molecule has 25 heavy (non-hydrogen) atoms. The van der Waals surface area contributed by atoms with Crippen LogP contribution in [0.1, 0.15) is 31.3 Å². The summed E-state index contributed by atoms with van der Waals surface area (Å²) in [4.78, 5) is 2.29. The third kappa shape index (κ3) is 4.22. The van der Waals surface area contributed by atoms with E-state index in [0.717, 1.165) is 24.2 Å². The van der Waals surface area contributed by atoms with E-state index in [1.165, 1.54) is 3.57 Å². The molecule has 0 radical (unpaired) electrons. The zero-order valence-corrected chi connectivity index (χ0v) is 17.0. The van der Waals surface area contributed by atoms with Crippen LogP contribution < -0.4 is 0 Å². The van der Waals surface area contributed by atoms with Crippen LogP contribution >= 0.6 is 34.2 Å². The summed E-state index contributed by atoms with van der Waals surface area (Å²) >= 11 is 8.32. The average molecular weight is 468 g/mol. The van der Waals surface area contributed by atoms with Crippen molar-refractivity contribution in [2.24, 2.45) is 0 Å². The summed E-state index contributed by atoms with van der Waals surface area (Å²) in [6.45, 7) is 6.02. The van der Waals surface area contributed by atoms with E-state index in [4.69, 9.17) is 16.0 Å². The Morgan fingerprint density at radius 3 is 2.24 bits per heavy atom. The van der Waals surface area contributed by atoms with Crippen LogP contribution in [0.4, 0.5) is 0 Å². The number of hydrogen-bond donors (Lipinski definition) is 0. The summed E-state index contributed by atoms with van der Waals surface area (Å²) in [5.41, 5.74) is 2.01. The standard InChI is InChI=1S/C19H19ClIN3O/c1-3-24(4-2)17(13-5-9-15(20)10-6-13)19-23-22-18(25-19)14-7-11-16(21)12-8-14/h5-12,17H,3-4H2,1-2H3. The SMILES string of the molecule is CCN(CC)C(c1ccc(Cl)cc1)c1nnc(-c2ccc(I)cc2)o1. The number of aromatic nitrogens is 2. The van der Waals surface area contributed by atoms with E-state index in [-0.39, 0.29) is 6.04 Å². The van der Waals surface area contributed by atoms with Crippen molar-refractivity contribution in [2.75, 3.05) is 13.1 Å². The molecular formula is C19H19ClIN3O. The fourth-order valence-corrected chi connectivity index (χ4v) is 3.28. The molecule has 0 saturated heterocycles. The predicted octanol–water partition coefficient (Wildman–Crippen LogP) is 5.43. The summed E-state index contributed by atoms with van der Waals surface area (Å²) in [6, 6.07) is 15.8. The van der Waals surface area contributed by atoms with Crippen LogP contribution in [-0.4, -0.2) is 28.2 Å². The molecule has 1 heterocycles. The summed E-state index contributed by atoms with van der Waals surface area (Å²) in [5.74, 6) is 1.14. The zero-order chi connectivity index (χ0) is 17.8. The van der Waals surface area contributed by atoms with Gasteiger partial charge in [0.15, 0.2) is 0 Å². The zero-order valence-electron chi connectivity index (χ0n) is 14.1. The molecule has 1 unspecified atom stereocenters. The molecule has 6 heteroatoms. The van der Waals surface area contributed by atoms with Gasteiger partial charge >= 0.3 is 0 Å². The van der Waals surface area contributed by atoms with Gasteiger partial charge in [-0.15, -0.1) is 10.2 Å². The second-order valence-electron chi connectivity index (χ2n) is 5.63. The first-order chi connectivity index (χ1) is 12.1. The topological polar surface area (TPSA) is 42.2 Å². The van der Waals surface area contributed by atoms with Crippen LogP contribution in [0.25, 0.3) is 11.5 Å². The molecule has 0 fully saturated rings. The van der Waals surface area contributed by atoms with Crippen molar-refractivity contribution in [2.45, 2.75) is 19.9 Å². The molecule has 1 aromatic heterocycles. The number of hydrogen-bond acceptors (Lipinski definition) is 4. The minimum Gasteiger partial charge on any atom is -0.419 e. The highest BCUT2D eigenvalue weighted by molar-refractivity contribution is 14.1. The van der Waals surface area contributed by atoms with Crippen molar-refractivity contribution >= 4 is 34.2 Å². The average Bonchev–Trinajstić information content (AvgIpc) is 3.11. The smallest absolute Gasteiger partial charge is 0.247 e. The highest BCUT2D eigenvalue weighted by atomic mass is 127. The number of halogens is 2. The first-order valence-corrected chi connectivity index (χ1v) is 9.67. The van der Waals surface area contributed by atoms with E-state index < -0.39 is 0 Å². The van der Waals surface area contributed by atoms with Gasteiger partial charge in [0.2, 0.25) is 11.8 Å². The van der Waals surface area contributed by atoms with E-state index in [1.807, 2.05) is 48.5 Å². The maximum Gasteiger partial charge on any atom is 0.247 e. The lowest BCUT2D eigenvalue weighted by Crippen LogP contribution is -2.29. The van der Waals surface area contributed by atoms with Gasteiger partial charge in [-0.05, 0) is 77.6 Å². The quantitative estimate of drug-likeness (QED) is 0.454. The first kappa shape index (κ1) is 18.4. The lowest BCUT2D eigenvalue weighted by Gasteiger charge is -2.27. The van der Waals surface area contributed by atoms with E-state index in [2.05, 4.69) is 51.5 Å². The van der Waals surface area contributed by atoms with Crippen molar-refractivity contribution < 1.29 is 4.42 Å². The minimum absolute atomic E-state index is 0.0858. The molecule has 0 aliphatic rings. The van der Waals surface area contributed by atoms with Crippen LogP contribution in [0.3, 0.4) is 0 Å². The second-order valence-corrected chi connectivity index (χ2v) is 7.31. The number of nitrogens with zero attached hydrogens (tertiary/aromatic N) is 3. The molecule has 4 nitrogen and oxygen atoms in total. The van der Waals surface area contributed by atoms with Gasteiger partial charge in [0, 0.05) is 14.2 Å². The number of benzene rings is 2.